The lowest BCUT2D eigenvalue weighted by Crippen LogP contribution is -3.03. The maximum Gasteiger partial charge on any atom is 0.244 e. The largest absolute Gasteiger partial charge is 0.566 e. The average Bonchev–Trinajstić information content (AvgIpc) is 2.53. The summed E-state index contributed by atoms with van der Waals surface area (Å²) in [6, 6.07) is 1.83. The molecule has 0 radical (unpaired) electrons. The minimum Gasteiger partial charge on any atom is -0.566 e. The Balaban J connectivity index is 2.53. The zero-order valence-electron chi connectivity index (χ0n) is 13.4. The smallest absolute Gasteiger partial charge is 0.244 e. The Bertz CT molecular complexity index is 939. The standard InChI is InChI=1S/C10H14ClN5O9S2/c1-15-6-2-5(11)8(26(12,20)21)3-9(6)27(22,23)13-10(15)7(25-14-17)4-24-16(18)19/h2-3,7,10,13,16,18H,4H2,1H3,(H2,12,20,21)/t7-,10?/m1/s1. The van der Waals surface area contributed by atoms with Gasteiger partial charge < -0.3 is 14.9 Å². The van der Waals surface area contributed by atoms with E-state index in [0.717, 1.165) is 12.1 Å². The SMILES string of the molecule is CN1c2cc(Cl)c(S(N)(=O)=O)cc2S(=O)(=O)NC1[C@@H](CO[NH+]([O-])O)ON=O. The highest BCUT2D eigenvalue weighted by Crippen LogP contribution is 2.37. The van der Waals surface area contributed by atoms with E-state index in [1.807, 2.05) is 0 Å². The van der Waals surface area contributed by atoms with Gasteiger partial charge in [-0.1, -0.05) is 17.0 Å². The zero-order valence-corrected chi connectivity index (χ0v) is 15.8. The van der Waals surface area contributed by atoms with Crippen molar-refractivity contribution in [2.45, 2.75) is 22.1 Å². The number of fused-ring (bicyclic) bond motifs is 1. The number of quaternary nitrogens is 1. The molecule has 27 heavy (non-hydrogen) atoms. The van der Waals surface area contributed by atoms with Crippen LogP contribution in [0.1, 0.15) is 0 Å². The lowest BCUT2D eigenvalue weighted by atomic mass is 10.2. The summed E-state index contributed by atoms with van der Waals surface area (Å²) in [4.78, 5) is 19.4. The Morgan fingerprint density at radius 2 is 2.19 bits per heavy atom. The van der Waals surface area contributed by atoms with Gasteiger partial charge in [-0.2, -0.15) is 14.8 Å². The Hall–Kier alpha value is -1.63. The van der Waals surface area contributed by atoms with Crippen LogP contribution in [0.2, 0.25) is 5.02 Å². The van der Waals surface area contributed by atoms with E-state index >= 15 is 0 Å². The van der Waals surface area contributed by atoms with Gasteiger partial charge in [0.15, 0.2) is 18.1 Å². The molecule has 0 amide bonds. The molecule has 0 saturated heterocycles. The van der Waals surface area contributed by atoms with Gasteiger partial charge in [0, 0.05) is 7.05 Å². The molecular weight excluding hydrogens is 434 g/mol. The maximum absolute atomic E-state index is 12.5. The maximum atomic E-state index is 12.5. The fraction of sp³-hybridized carbons (Fsp3) is 0.400. The number of halogens is 1. The second kappa shape index (κ2) is 7.78. The van der Waals surface area contributed by atoms with Gasteiger partial charge in [0.1, 0.15) is 16.0 Å². The average molecular weight is 448 g/mol. The molecule has 2 unspecified atom stereocenters. The van der Waals surface area contributed by atoms with E-state index in [1.54, 1.807) is 0 Å². The Kier molecular flexibility index (Phi) is 6.24. The van der Waals surface area contributed by atoms with E-state index in [4.69, 9.17) is 21.9 Å². The number of nitrogens with two attached hydrogens (primary N) is 1. The highest BCUT2D eigenvalue weighted by atomic mass is 35.5. The van der Waals surface area contributed by atoms with Gasteiger partial charge >= 0.3 is 0 Å². The predicted octanol–water partition coefficient (Wildman–Crippen LogP) is -2.19. The van der Waals surface area contributed by atoms with Crippen molar-refractivity contribution < 1.29 is 37.1 Å². The molecule has 1 heterocycles. The van der Waals surface area contributed by atoms with Gasteiger partial charge in [-0.15, -0.1) is 4.91 Å². The predicted molar refractivity (Wildman–Crippen MR) is 88.1 cm³/mol. The molecule has 0 aromatic heterocycles. The molecule has 0 bridgehead atoms. The third-order valence-electron chi connectivity index (χ3n) is 3.58. The van der Waals surface area contributed by atoms with Gasteiger partial charge in [-0.25, -0.2) is 22.0 Å². The fourth-order valence-corrected chi connectivity index (χ4v) is 5.07. The highest BCUT2D eigenvalue weighted by molar-refractivity contribution is 7.90. The number of hydrogen-bond donors (Lipinski definition) is 4. The van der Waals surface area contributed by atoms with Crippen molar-refractivity contribution in [3.8, 4) is 0 Å². The summed E-state index contributed by atoms with van der Waals surface area (Å²) in [6.45, 7) is -0.725. The van der Waals surface area contributed by atoms with Crippen LogP contribution in [0.4, 0.5) is 5.69 Å². The van der Waals surface area contributed by atoms with Crippen LogP contribution < -0.4 is 20.2 Å². The topological polar surface area (TPSA) is 205 Å². The van der Waals surface area contributed by atoms with Crippen LogP contribution in [0.25, 0.3) is 0 Å². The lowest BCUT2D eigenvalue weighted by molar-refractivity contribution is -1.21. The van der Waals surface area contributed by atoms with Gasteiger partial charge in [0.05, 0.1) is 10.7 Å². The van der Waals surface area contributed by atoms with Crippen molar-refractivity contribution in [2.24, 2.45) is 10.5 Å². The molecule has 0 spiro atoms. The molecule has 1 aromatic rings. The Morgan fingerprint density at radius 3 is 2.70 bits per heavy atom. The number of likely N-dealkylation sites (N-methyl/N-ethyl adjacent to an activating group) is 1. The van der Waals surface area contributed by atoms with Crippen molar-refractivity contribution in [3.63, 3.8) is 0 Å². The molecular formula is C10H14ClN5O9S2. The van der Waals surface area contributed by atoms with Gasteiger partial charge in [0.25, 0.3) is 0 Å². The minimum atomic E-state index is -4.32. The number of nitrogens with zero attached hydrogens (tertiary/aromatic N) is 2. The summed E-state index contributed by atoms with van der Waals surface area (Å²) >= 11 is 5.89. The summed E-state index contributed by atoms with van der Waals surface area (Å²) in [5, 5.41) is 24.3. The minimum absolute atomic E-state index is 0.0500. The third kappa shape index (κ3) is 4.62. The second-order valence-corrected chi connectivity index (χ2v) is 8.89. The van der Waals surface area contributed by atoms with Crippen LogP contribution in [0.3, 0.4) is 0 Å². The van der Waals surface area contributed by atoms with Crippen molar-refractivity contribution in [3.05, 3.63) is 27.3 Å². The third-order valence-corrected chi connectivity index (χ3v) is 6.42. The Morgan fingerprint density at radius 1 is 1.56 bits per heavy atom. The van der Waals surface area contributed by atoms with Crippen molar-refractivity contribution in [1.29, 1.82) is 0 Å². The number of sulfonamides is 2. The molecule has 17 heteroatoms. The summed E-state index contributed by atoms with van der Waals surface area (Å²) in [5.41, 5.74) is -0.0500. The summed E-state index contributed by atoms with van der Waals surface area (Å²) in [5.74, 6) is 0. The normalized spacial score (nSPS) is 21.2. The number of benzene rings is 1. The molecule has 0 fully saturated rings. The number of rotatable bonds is 7. The molecule has 2 rings (SSSR count). The molecule has 152 valence electrons. The van der Waals surface area contributed by atoms with Crippen LogP contribution in [0.15, 0.2) is 27.3 Å². The monoisotopic (exact) mass is 447 g/mol. The van der Waals surface area contributed by atoms with E-state index in [1.165, 1.54) is 11.9 Å². The molecule has 0 saturated carbocycles. The molecule has 1 aliphatic heterocycles. The number of nitrogens with one attached hydrogen (secondary N) is 2. The lowest BCUT2D eigenvalue weighted by Gasteiger charge is -2.38. The van der Waals surface area contributed by atoms with Crippen LogP contribution >= 0.6 is 11.6 Å². The van der Waals surface area contributed by atoms with Crippen LogP contribution in [0.5, 0.6) is 0 Å². The van der Waals surface area contributed by atoms with Crippen LogP contribution in [0, 0.1) is 10.1 Å². The first-order valence-corrected chi connectivity index (χ1v) is 10.2. The Labute approximate surface area is 157 Å². The summed E-state index contributed by atoms with van der Waals surface area (Å²) in [6.07, 6.45) is -2.78. The molecule has 1 aliphatic rings. The number of anilines is 1. The van der Waals surface area contributed by atoms with Crippen LogP contribution in [-0.4, -0.2) is 48.0 Å². The van der Waals surface area contributed by atoms with E-state index in [2.05, 4.69) is 19.7 Å². The molecule has 1 aromatic carbocycles. The van der Waals surface area contributed by atoms with E-state index in [-0.39, 0.29) is 10.7 Å². The molecule has 14 nitrogen and oxygen atoms in total. The first-order chi connectivity index (χ1) is 12.4. The highest BCUT2D eigenvalue weighted by Gasteiger charge is 2.41. The molecule has 3 atom stereocenters. The van der Waals surface area contributed by atoms with Crippen molar-refractivity contribution in [1.82, 2.24) is 4.72 Å². The van der Waals surface area contributed by atoms with Crippen molar-refractivity contribution >= 4 is 37.3 Å². The van der Waals surface area contributed by atoms with E-state index < -0.39 is 54.1 Å². The first kappa shape index (κ1) is 21.7. The molecule has 0 aliphatic carbocycles. The first-order valence-electron chi connectivity index (χ1n) is 6.84. The number of hydrogen-bond acceptors (Lipinski definition) is 11. The summed E-state index contributed by atoms with van der Waals surface area (Å²) in [7, 11) is -7.26. The quantitative estimate of drug-likeness (QED) is 0.262. The fourth-order valence-electron chi connectivity index (χ4n) is 2.40. The van der Waals surface area contributed by atoms with Gasteiger partial charge in [-0.3, -0.25) is 0 Å². The van der Waals surface area contributed by atoms with Crippen LogP contribution in [-0.2, 0) is 29.7 Å². The van der Waals surface area contributed by atoms with Gasteiger partial charge in [-0.05, 0) is 12.1 Å². The molecule has 5 N–H and O–H groups in total. The summed E-state index contributed by atoms with van der Waals surface area (Å²) < 4.78 is 50.3. The number of primary sulfonamides is 1. The second-order valence-electron chi connectivity index (χ2n) is 5.27. The zero-order chi connectivity index (χ0) is 20.6. The van der Waals surface area contributed by atoms with Gasteiger partial charge in [0.2, 0.25) is 20.0 Å². The van der Waals surface area contributed by atoms with E-state index in [9.17, 15) is 26.9 Å². The van der Waals surface area contributed by atoms with Crippen molar-refractivity contribution in [2.75, 3.05) is 18.6 Å². The van der Waals surface area contributed by atoms with E-state index in [0.29, 0.717) is 0 Å².